The molecule has 0 bridgehead atoms. The van der Waals surface area contributed by atoms with Crippen LogP contribution in [0.4, 0.5) is 5.69 Å². The molecule has 3 aromatic rings. The number of fused-ring (bicyclic) bond motifs is 2. The fraction of sp³-hybridized carbons (Fsp3) is 0.370. The van der Waals surface area contributed by atoms with E-state index in [1.165, 1.54) is 11.1 Å². The van der Waals surface area contributed by atoms with Crippen LogP contribution >= 0.6 is 0 Å². The highest BCUT2D eigenvalue weighted by molar-refractivity contribution is 6.27. The molecule has 0 amide bonds. The molecule has 2 aliphatic rings. The van der Waals surface area contributed by atoms with Crippen LogP contribution < -0.4 is 5.32 Å². The smallest absolute Gasteiger partial charge is 0.414 e. The Kier molecular flexibility index (Phi) is 8.02. The van der Waals surface area contributed by atoms with Gasteiger partial charge in [0, 0.05) is 44.1 Å². The number of ether oxygens (including phenoxy) is 1. The molecule has 2 aromatic carbocycles. The largest absolute Gasteiger partial charge is 0.473 e. The number of nitrogens with zero attached hydrogens (tertiary/aromatic N) is 3. The van der Waals surface area contributed by atoms with Crippen LogP contribution in [0, 0.1) is 0 Å². The van der Waals surface area contributed by atoms with Gasteiger partial charge >= 0.3 is 11.9 Å². The number of nitrogens with one attached hydrogen (secondary N) is 1. The number of benzene rings is 2. The van der Waals surface area contributed by atoms with Gasteiger partial charge in [-0.2, -0.15) is 0 Å². The number of likely N-dealkylation sites (tertiary alicyclic amines) is 1. The second-order valence-electron chi connectivity index (χ2n) is 9.08. The maximum Gasteiger partial charge on any atom is 0.414 e. The van der Waals surface area contributed by atoms with Crippen LogP contribution in [-0.2, 0) is 27.3 Å². The fourth-order valence-corrected chi connectivity index (χ4v) is 4.61. The van der Waals surface area contributed by atoms with Crippen LogP contribution in [0.2, 0.25) is 0 Å². The second kappa shape index (κ2) is 11.4. The molecular weight excluding hydrogens is 460 g/mol. The third-order valence-corrected chi connectivity index (χ3v) is 6.65. The molecule has 0 saturated carbocycles. The van der Waals surface area contributed by atoms with Gasteiger partial charge in [-0.25, -0.2) is 14.6 Å². The Labute approximate surface area is 210 Å². The summed E-state index contributed by atoms with van der Waals surface area (Å²) in [6, 6.07) is 17.2. The summed E-state index contributed by atoms with van der Waals surface area (Å²) in [4.78, 5) is 25.7. The lowest BCUT2D eigenvalue weighted by Gasteiger charge is -2.32. The van der Waals surface area contributed by atoms with Gasteiger partial charge in [-0.1, -0.05) is 36.4 Å². The van der Waals surface area contributed by atoms with Gasteiger partial charge in [0.05, 0.1) is 11.8 Å². The van der Waals surface area contributed by atoms with Crippen LogP contribution in [0.25, 0.3) is 11.3 Å². The minimum Gasteiger partial charge on any atom is -0.473 e. The van der Waals surface area contributed by atoms with Gasteiger partial charge < -0.3 is 29.7 Å². The van der Waals surface area contributed by atoms with E-state index in [0.717, 1.165) is 61.7 Å². The maximum atomic E-state index is 9.10. The van der Waals surface area contributed by atoms with Crippen molar-refractivity contribution in [3.8, 4) is 11.3 Å². The minimum atomic E-state index is -1.82. The standard InChI is InChI=1S/C25H30N4O.C2H2O4/c1-26-20-9-7-19(8-10-20)23-17-29-16-11-18-5-3-4-6-22(18)24(25(29)27-23)30-21-12-14-28(2)15-13-21;3-1(4)2(5)6/h3-10,17,21,24,26H,11-16H2,1-2H3;(H,3,4)(H,5,6). The minimum absolute atomic E-state index is 0.109. The number of imidazole rings is 1. The number of anilines is 1. The van der Waals surface area contributed by atoms with Gasteiger partial charge in [0.25, 0.3) is 0 Å². The molecule has 5 rings (SSSR count). The van der Waals surface area contributed by atoms with E-state index in [-0.39, 0.29) is 12.2 Å². The molecule has 0 radical (unpaired) electrons. The molecule has 9 heteroatoms. The fourth-order valence-electron chi connectivity index (χ4n) is 4.61. The number of aliphatic carboxylic acids is 2. The Hall–Kier alpha value is -3.69. The van der Waals surface area contributed by atoms with Crippen LogP contribution in [0.3, 0.4) is 0 Å². The van der Waals surface area contributed by atoms with Gasteiger partial charge in [0.15, 0.2) is 0 Å². The summed E-state index contributed by atoms with van der Waals surface area (Å²) < 4.78 is 9.09. The quantitative estimate of drug-likeness (QED) is 0.474. The molecule has 3 N–H and O–H groups in total. The van der Waals surface area contributed by atoms with Crippen LogP contribution in [0.5, 0.6) is 0 Å². The number of hydrogen-bond donors (Lipinski definition) is 3. The van der Waals surface area contributed by atoms with Crippen molar-refractivity contribution in [3.05, 3.63) is 71.7 Å². The highest BCUT2D eigenvalue weighted by Crippen LogP contribution is 2.36. The summed E-state index contributed by atoms with van der Waals surface area (Å²) >= 11 is 0. The summed E-state index contributed by atoms with van der Waals surface area (Å²) in [6.07, 6.45) is 5.52. The number of carboxylic acids is 2. The average molecular weight is 493 g/mol. The molecule has 3 heterocycles. The highest BCUT2D eigenvalue weighted by atomic mass is 16.5. The average Bonchev–Trinajstić information content (AvgIpc) is 3.26. The summed E-state index contributed by atoms with van der Waals surface area (Å²) in [7, 11) is 4.13. The maximum absolute atomic E-state index is 9.10. The number of aromatic nitrogens is 2. The van der Waals surface area contributed by atoms with Crippen LogP contribution in [0.1, 0.15) is 35.9 Å². The van der Waals surface area contributed by atoms with E-state index in [2.05, 4.69) is 76.6 Å². The van der Waals surface area contributed by atoms with E-state index in [9.17, 15) is 0 Å². The number of carbonyl (C=O) groups is 2. The molecule has 1 aromatic heterocycles. The molecule has 36 heavy (non-hydrogen) atoms. The Morgan fingerprint density at radius 1 is 1.00 bits per heavy atom. The Morgan fingerprint density at radius 2 is 1.67 bits per heavy atom. The summed E-state index contributed by atoms with van der Waals surface area (Å²) in [5.41, 5.74) is 5.92. The van der Waals surface area contributed by atoms with Gasteiger partial charge in [-0.15, -0.1) is 0 Å². The van der Waals surface area contributed by atoms with Crippen molar-refractivity contribution in [1.82, 2.24) is 14.5 Å². The molecule has 9 nitrogen and oxygen atoms in total. The van der Waals surface area contributed by atoms with Gasteiger partial charge in [0.1, 0.15) is 11.9 Å². The normalized spacial score (nSPS) is 17.7. The number of rotatable bonds is 4. The summed E-state index contributed by atoms with van der Waals surface area (Å²) in [6.45, 7) is 3.12. The van der Waals surface area contributed by atoms with Crippen molar-refractivity contribution in [2.75, 3.05) is 32.5 Å². The second-order valence-corrected chi connectivity index (χ2v) is 9.08. The molecule has 1 fully saturated rings. The van der Waals surface area contributed by atoms with E-state index in [0.29, 0.717) is 0 Å². The van der Waals surface area contributed by atoms with E-state index in [4.69, 9.17) is 29.5 Å². The predicted octanol–water partition coefficient (Wildman–Crippen LogP) is 3.50. The summed E-state index contributed by atoms with van der Waals surface area (Å²) in [5.74, 6) is -2.61. The lowest BCUT2D eigenvalue weighted by atomic mass is 10.00. The topological polar surface area (TPSA) is 117 Å². The van der Waals surface area contributed by atoms with E-state index in [1.807, 2.05) is 7.05 Å². The van der Waals surface area contributed by atoms with E-state index >= 15 is 0 Å². The Morgan fingerprint density at radius 3 is 2.31 bits per heavy atom. The molecule has 190 valence electrons. The molecule has 2 aliphatic heterocycles. The van der Waals surface area contributed by atoms with Crippen LogP contribution in [-0.4, -0.2) is 69.9 Å². The molecule has 1 saturated heterocycles. The zero-order valence-corrected chi connectivity index (χ0v) is 20.6. The first-order valence-electron chi connectivity index (χ1n) is 12.1. The zero-order chi connectivity index (χ0) is 25.7. The van der Waals surface area contributed by atoms with Crippen molar-refractivity contribution in [2.45, 2.75) is 38.0 Å². The summed E-state index contributed by atoms with van der Waals surface area (Å²) in [5, 5.41) is 18.0. The Bertz CT molecular complexity index is 1190. The third-order valence-electron chi connectivity index (χ3n) is 6.65. The van der Waals surface area contributed by atoms with Gasteiger partial charge in [0.2, 0.25) is 0 Å². The monoisotopic (exact) mass is 492 g/mol. The van der Waals surface area contributed by atoms with Crippen molar-refractivity contribution in [3.63, 3.8) is 0 Å². The third kappa shape index (κ3) is 5.92. The SMILES string of the molecule is CNc1ccc(-c2cn3c(n2)C(OC2CCN(C)CC2)c2ccccc2CC3)cc1.O=C(O)C(=O)O. The highest BCUT2D eigenvalue weighted by Gasteiger charge is 2.30. The predicted molar refractivity (Wildman–Crippen MR) is 136 cm³/mol. The molecule has 1 atom stereocenters. The number of piperidine rings is 1. The van der Waals surface area contributed by atoms with Gasteiger partial charge in [-0.3, -0.25) is 0 Å². The van der Waals surface area contributed by atoms with E-state index < -0.39 is 11.9 Å². The first-order chi connectivity index (χ1) is 17.4. The Balaban J connectivity index is 0.000000455. The van der Waals surface area contributed by atoms with Crippen LogP contribution in [0.15, 0.2) is 54.7 Å². The molecular formula is C27H32N4O5. The number of aryl methyl sites for hydroxylation is 2. The molecule has 1 unspecified atom stereocenters. The molecule has 0 aliphatic carbocycles. The lowest BCUT2D eigenvalue weighted by molar-refractivity contribution is -0.159. The number of carboxylic acid groups (broad SMARTS) is 2. The van der Waals surface area contributed by atoms with E-state index in [1.54, 1.807) is 0 Å². The first-order valence-corrected chi connectivity index (χ1v) is 12.1. The van der Waals surface area contributed by atoms with Crippen molar-refractivity contribution in [2.24, 2.45) is 0 Å². The van der Waals surface area contributed by atoms with Gasteiger partial charge in [-0.05, 0) is 49.6 Å². The van der Waals surface area contributed by atoms with Crippen molar-refractivity contribution < 1.29 is 24.5 Å². The number of hydrogen-bond acceptors (Lipinski definition) is 6. The lowest BCUT2D eigenvalue weighted by Crippen LogP contribution is -2.35. The van der Waals surface area contributed by atoms with Crippen molar-refractivity contribution in [1.29, 1.82) is 0 Å². The van der Waals surface area contributed by atoms with Crippen molar-refractivity contribution >= 4 is 17.6 Å². The zero-order valence-electron chi connectivity index (χ0n) is 20.6. The first kappa shape index (κ1) is 25.4. The molecule has 0 spiro atoms.